The third-order valence-electron chi connectivity index (χ3n) is 4.27. The van der Waals surface area contributed by atoms with Crippen molar-refractivity contribution in [2.45, 2.75) is 46.0 Å². The fraction of sp³-hybridized carbons (Fsp3) is 0.588. The maximum atomic E-state index is 12.8. The molecule has 0 aliphatic heterocycles. The number of hydrogen-bond donors (Lipinski definition) is 1. The van der Waals surface area contributed by atoms with Gasteiger partial charge in [0.1, 0.15) is 5.82 Å². The predicted octanol–water partition coefficient (Wildman–Crippen LogP) is 3.02. The highest BCUT2D eigenvalue weighted by Crippen LogP contribution is 2.27. The molecule has 1 heterocycles. The average Bonchev–Trinajstić information content (AvgIpc) is 2.53. The number of amides is 1. The highest BCUT2D eigenvalue weighted by molar-refractivity contribution is 5.94. The van der Waals surface area contributed by atoms with Crippen LogP contribution in [0.2, 0.25) is 0 Å². The Morgan fingerprint density at radius 2 is 2.00 bits per heavy atom. The van der Waals surface area contributed by atoms with E-state index in [0.717, 1.165) is 31.2 Å². The minimum Gasteiger partial charge on any atom is -0.481 e. The summed E-state index contributed by atoms with van der Waals surface area (Å²) in [6, 6.07) is 3.69. The highest BCUT2D eigenvalue weighted by atomic mass is 16.4. The molecule has 0 radical (unpaired) electrons. The molecule has 1 aliphatic carbocycles. The molecular weight excluding hydrogens is 280 g/mol. The minimum atomic E-state index is -0.895. The minimum absolute atomic E-state index is 0.00199. The third-order valence-corrected chi connectivity index (χ3v) is 4.27. The SMILES string of the molecule is Cc1ccc(N(CC(C)C(=O)O)C(=O)C2CCCCC2)nc1. The average molecular weight is 304 g/mol. The van der Waals surface area contributed by atoms with Gasteiger partial charge in [-0.3, -0.25) is 14.5 Å². The lowest BCUT2D eigenvalue weighted by Gasteiger charge is -2.29. The van der Waals surface area contributed by atoms with Crippen molar-refractivity contribution in [3.8, 4) is 0 Å². The van der Waals surface area contributed by atoms with Crippen LogP contribution in [-0.4, -0.2) is 28.5 Å². The topological polar surface area (TPSA) is 70.5 Å². The van der Waals surface area contributed by atoms with Crippen LogP contribution in [0.3, 0.4) is 0 Å². The highest BCUT2D eigenvalue weighted by Gasteiger charge is 2.29. The van der Waals surface area contributed by atoms with Crippen molar-refractivity contribution in [2.24, 2.45) is 11.8 Å². The molecule has 1 fully saturated rings. The number of carbonyl (C=O) groups is 2. The molecule has 1 aromatic heterocycles. The van der Waals surface area contributed by atoms with E-state index in [1.54, 1.807) is 24.1 Å². The first-order valence-electron chi connectivity index (χ1n) is 7.96. The first-order chi connectivity index (χ1) is 10.5. The van der Waals surface area contributed by atoms with Gasteiger partial charge < -0.3 is 5.11 Å². The number of hydrogen-bond acceptors (Lipinski definition) is 3. The van der Waals surface area contributed by atoms with Crippen molar-refractivity contribution < 1.29 is 14.7 Å². The number of nitrogens with zero attached hydrogens (tertiary/aromatic N) is 2. The molecule has 120 valence electrons. The summed E-state index contributed by atoms with van der Waals surface area (Å²) in [5.74, 6) is -0.944. The van der Waals surface area contributed by atoms with E-state index in [2.05, 4.69) is 4.98 Å². The van der Waals surface area contributed by atoms with Crippen molar-refractivity contribution in [1.82, 2.24) is 4.98 Å². The number of aromatic nitrogens is 1. The summed E-state index contributed by atoms with van der Waals surface area (Å²) in [4.78, 5) is 29.9. The van der Waals surface area contributed by atoms with Crippen LogP contribution in [0.5, 0.6) is 0 Å². The van der Waals surface area contributed by atoms with Crippen molar-refractivity contribution in [3.05, 3.63) is 23.9 Å². The summed E-state index contributed by atoms with van der Waals surface area (Å²) in [6.45, 7) is 3.72. The maximum absolute atomic E-state index is 12.8. The smallest absolute Gasteiger partial charge is 0.308 e. The Bertz CT molecular complexity index is 521. The molecule has 1 unspecified atom stereocenters. The zero-order chi connectivity index (χ0) is 16.1. The van der Waals surface area contributed by atoms with E-state index in [-0.39, 0.29) is 18.4 Å². The van der Waals surface area contributed by atoms with Gasteiger partial charge in [-0.1, -0.05) is 32.3 Å². The number of rotatable bonds is 5. The Balaban J connectivity index is 2.21. The molecule has 22 heavy (non-hydrogen) atoms. The van der Waals surface area contributed by atoms with Gasteiger partial charge in [0.15, 0.2) is 0 Å². The Morgan fingerprint density at radius 3 is 2.55 bits per heavy atom. The van der Waals surface area contributed by atoms with Crippen LogP contribution < -0.4 is 4.90 Å². The van der Waals surface area contributed by atoms with Crippen LogP contribution in [0.1, 0.15) is 44.6 Å². The maximum Gasteiger partial charge on any atom is 0.308 e. The van der Waals surface area contributed by atoms with Gasteiger partial charge in [-0.2, -0.15) is 0 Å². The van der Waals surface area contributed by atoms with E-state index in [4.69, 9.17) is 5.11 Å². The molecule has 0 aromatic carbocycles. The van der Waals surface area contributed by atoms with E-state index in [0.29, 0.717) is 5.82 Å². The van der Waals surface area contributed by atoms with Crippen molar-refractivity contribution in [1.29, 1.82) is 0 Å². The summed E-state index contributed by atoms with van der Waals surface area (Å²) in [6.07, 6.45) is 6.81. The Kier molecular flexibility index (Phi) is 5.52. The van der Waals surface area contributed by atoms with E-state index < -0.39 is 11.9 Å². The number of aryl methyl sites for hydroxylation is 1. The van der Waals surface area contributed by atoms with Crippen molar-refractivity contribution in [3.63, 3.8) is 0 Å². The van der Waals surface area contributed by atoms with Gasteiger partial charge in [0.2, 0.25) is 5.91 Å². The number of carbonyl (C=O) groups excluding carboxylic acids is 1. The molecule has 2 rings (SSSR count). The lowest BCUT2D eigenvalue weighted by atomic mass is 9.88. The van der Waals surface area contributed by atoms with Crippen LogP contribution in [0.15, 0.2) is 18.3 Å². The molecule has 0 saturated heterocycles. The quantitative estimate of drug-likeness (QED) is 0.907. The molecule has 5 heteroatoms. The summed E-state index contributed by atoms with van der Waals surface area (Å²) in [5, 5.41) is 9.16. The summed E-state index contributed by atoms with van der Waals surface area (Å²) in [5.41, 5.74) is 1.01. The molecule has 1 atom stereocenters. The predicted molar refractivity (Wildman–Crippen MR) is 84.7 cm³/mol. The van der Waals surface area contributed by atoms with Gasteiger partial charge in [-0.25, -0.2) is 4.98 Å². The largest absolute Gasteiger partial charge is 0.481 e. The third kappa shape index (κ3) is 4.06. The Labute approximate surface area is 131 Å². The van der Waals surface area contributed by atoms with E-state index in [1.807, 2.05) is 13.0 Å². The van der Waals surface area contributed by atoms with E-state index in [9.17, 15) is 9.59 Å². The lowest BCUT2D eigenvalue weighted by molar-refractivity contribution is -0.140. The van der Waals surface area contributed by atoms with Gasteiger partial charge in [0.05, 0.1) is 5.92 Å². The second kappa shape index (κ2) is 7.38. The van der Waals surface area contributed by atoms with E-state index >= 15 is 0 Å². The molecule has 1 amide bonds. The first-order valence-corrected chi connectivity index (χ1v) is 7.96. The summed E-state index contributed by atoms with van der Waals surface area (Å²) < 4.78 is 0. The van der Waals surface area contributed by atoms with Crippen molar-refractivity contribution >= 4 is 17.7 Å². The molecular formula is C17H24N2O3. The Hall–Kier alpha value is -1.91. The van der Waals surface area contributed by atoms with Crippen LogP contribution in [0, 0.1) is 18.8 Å². The van der Waals surface area contributed by atoms with Gasteiger partial charge in [0, 0.05) is 18.7 Å². The number of carboxylic acids is 1. The molecule has 0 spiro atoms. The number of anilines is 1. The molecule has 5 nitrogen and oxygen atoms in total. The molecule has 0 bridgehead atoms. The van der Waals surface area contributed by atoms with Crippen LogP contribution in [-0.2, 0) is 9.59 Å². The molecule has 1 saturated carbocycles. The molecule has 1 aromatic rings. The normalized spacial score (nSPS) is 17.0. The zero-order valence-corrected chi connectivity index (χ0v) is 13.3. The van der Waals surface area contributed by atoms with Gasteiger partial charge >= 0.3 is 5.97 Å². The number of carboxylic acid groups (broad SMARTS) is 1. The second-order valence-electron chi connectivity index (χ2n) is 6.22. The molecule has 1 aliphatic rings. The fourth-order valence-corrected chi connectivity index (χ4v) is 2.84. The number of aliphatic carboxylic acids is 1. The zero-order valence-electron chi connectivity index (χ0n) is 13.3. The van der Waals surface area contributed by atoms with Crippen LogP contribution in [0.25, 0.3) is 0 Å². The number of pyridine rings is 1. The summed E-state index contributed by atoms with van der Waals surface area (Å²) in [7, 11) is 0. The van der Waals surface area contributed by atoms with E-state index in [1.165, 1.54) is 6.42 Å². The molecule has 1 N–H and O–H groups in total. The van der Waals surface area contributed by atoms with Crippen LogP contribution >= 0.6 is 0 Å². The Morgan fingerprint density at radius 1 is 1.32 bits per heavy atom. The van der Waals surface area contributed by atoms with Gasteiger partial charge in [0.25, 0.3) is 0 Å². The second-order valence-corrected chi connectivity index (χ2v) is 6.22. The van der Waals surface area contributed by atoms with Gasteiger partial charge in [-0.15, -0.1) is 0 Å². The monoisotopic (exact) mass is 304 g/mol. The standard InChI is InChI=1S/C17H24N2O3/c1-12-8-9-15(18-10-12)19(11-13(2)17(21)22)16(20)14-6-4-3-5-7-14/h8-10,13-14H,3-7,11H2,1-2H3,(H,21,22). The fourth-order valence-electron chi connectivity index (χ4n) is 2.84. The lowest BCUT2D eigenvalue weighted by Crippen LogP contribution is -2.41. The first kappa shape index (κ1) is 16.5. The van der Waals surface area contributed by atoms with Gasteiger partial charge in [-0.05, 0) is 31.4 Å². The van der Waals surface area contributed by atoms with Crippen molar-refractivity contribution in [2.75, 3.05) is 11.4 Å². The van der Waals surface area contributed by atoms with Crippen LogP contribution in [0.4, 0.5) is 5.82 Å². The summed E-state index contributed by atoms with van der Waals surface area (Å²) >= 11 is 0.